The molecule has 5 nitrogen and oxygen atoms in total. The summed E-state index contributed by atoms with van der Waals surface area (Å²) in [6.07, 6.45) is 5.68. The number of esters is 1. The van der Waals surface area contributed by atoms with Crippen LogP contribution in [0, 0.1) is 0 Å². The summed E-state index contributed by atoms with van der Waals surface area (Å²) in [7, 11) is 0. The van der Waals surface area contributed by atoms with Crippen LogP contribution in [-0.4, -0.2) is 28.6 Å². The summed E-state index contributed by atoms with van der Waals surface area (Å²) in [5.41, 5.74) is 1.28. The SMILES string of the molecule is CCOC(=O)c1cnc2cc(NC3CC3)ncc2c1. The van der Waals surface area contributed by atoms with Crippen LogP contribution in [0.1, 0.15) is 30.1 Å². The van der Waals surface area contributed by atoms with Gasteiger partial charge in [-0.15, -0.1) is 0 Å². The van der Waals surface area contributed by atoms with Crippen molar-refractivity contribution in [1.29, 1.82) is 0 Å². The Morgan fingerprint density at radius 2 is 2.21 bits per heavy atom. The zero-order valence-electron chi connectivity index (χ0n) is 10.7. The predicted molar refractivity (Wildman–Crippen MR) is 72.1 cm³/mol. The fourth-order valence-electron chi connectivity index (χ4n) is 1.86. The molecule has 0 aliphatic heterocycles. The Morgan fingerprint density at radius 3 is 2.95 bits per heavy atom. The molecule has 0 atom stereocenters. The highest BCUT2D eigenvalue weighted by Gasteiger charge is 2.21. The van der Waals surface area contributed by atoms with Gasteiger partial charge in [0, 0.05) is 29.9 Å². The normalized spacial score (nSPS) is 14.4. The first kappa shape index (κ1) is 11.9. The summed E-state index contributed by atoms with van der Waals surface area (Å²) in [5.74, 6) is 0.489. The van der Waals surface area contributed by atoms with Gasteiger partial charge in [0.05, 0.1) is 17.7 Å². The summed E-state index contributed by atoms with van der Waals surface area (Å²) in [6, 6.07) is 4.22. The zero-order chi connectivity index (χ0) is 13.2. The van der Waals surface area contributed by atoms with E-state index in [2.05, 4.69) is 15.3 Å². The minimum Gasteiger partial charge on any atom is -0.462 e. The number of ether oxygens (including phenoxy) is 1. The molecule has 3 rings (SSSR count). The lowest BCUT2D eigenvalue weighted by atomic mass is 10.2. The van der Waals surface area contributed by atoms with E-state index in [4.69, 9.17) is 4.74 Å². The number of hydrogen-bond donors (Lipinski definition) is 1. The van der Waals surface area contributed by atoms with Gasteiger partial charge in [-0.2, -0.15) is 0 Å². The van der Waals surface area contributed by atoms with E-state index in [1.165, 1.54) is 12.8 Å². The Balaban J connectivity index is 1.88. The second-order valence-electron chi connectivity index (χ2n) is 4.63. The van der Waals surface area contributed by atoms with E-state index in [1.54, 1.807) is 25.4 Å². The van der Waals surface area contributed by atoms with Crippen LogP contribution in [0.2, 0.25) is 0 Å². The number of anilines is 1. The minimum absolute atomic E-state index is 0.350. The molecule has 1 saturated carbocycles. The maximum Gasteiger partial charge on any atom is 0.339 e. The number of carbonyl (C=O) groups excluding carboxylic acids is 1. The Bertz CT molecular complexity index is 623. The van der Waals surface area contributed by atoms with Crippen LogP contribution >= 0.6 is 0 Å². The van der Waals surface area contributed by atoms with Gasteiger partial charge < -0.3 is 10.1 Å². The fourth-order valence-corrected chi connectivity index (χ4v) is 1.86. The summed E-state index contributed by atoms with van der Waals surface area (Å²) >= 11 is 0. The first-order valence-electron chi connectivity index (χ1n) is 6.45. The van der Waals surface area contributed by atoms with Gasteiger partial charge in [-0.3, -0.25) is 4.98 Å². The van der Waals surface area contributed by atoms with Crippen molar-refractivity contribution in [3.05, 3.63) is 30.1 Å². The van der Waals surface area contributed by atoms with Crippen LogP contribution in [0.15, 0.2) is 24.5 Å². The third-order valence-corrected chi connectivity index (χ3v) is 3.01. The van der Waals surface area contributed by atoms with Crippen molar-refractivity contribution < 1.29 is 9.53 Å². The number of pyridine rings is 2. The van der Waals surface area contributed by atoms with Crippen molar-refractivity contribution in [2.75, 3.05) is 11.9 Å². The maximum atomic E-state index is 11.6. The third-order valence-electron chi connectivity index (χ3n) is 3.01. The van der Waals surface area contributed by atoms with Crippen LogP contribution < -0.4 is 5.32 Å². The molecule has 5 heteroatoms. The fraction of sp³-hybridized carbons (Fsp3) is 0.357. The smallest absolute Gasteiger partial charge is 0.339 e. The van der Waals surface area contributed by atoms with Crippen molar-refractivity contribution in [3.63, 3.8) is 0 Å². The van der Waals surface area contributed by atoms with Crippen molar-refractivity contribution in [3.8, 4) is 0 Å². The molecular formula is C14H15N3O2. The highest BCUT2D eigenvalue weighted by atomic mass is 16.5. The van der Waals surface area contributed by atoms with Crippen molar-refractivity contribution in [2.24, 2.45) is 0 Å². The molecule has 0 saturated heterocycles. The number of hydrogen-bond acceptors (Lipinski definition) is 5. The van der Waals surface area contributed by atoms with Crippen LogP contribution in [0.4, 0.5) is 5.82 Å². The molecule has 98 valence electrons. The number of rotatable bonds is 4. The van der Waals surface area contributed by atoms with Gasteiger partial charge >= 0.3 is 5.97 Å². The summed E-state index contributed by atoms with van der Waals surface area (Å²) < 4.78 is 4.95. The molecule has 0 spiro atoms. The van der Waals surface area contributed by atoms with Crippen LogP contribution in [0.25, 0.3) is 10.9 Å². The standard InChI is InChI=1S/C14H15N3O2/c1-2-19-14(18)10-5-9-7-16-13(17-11-3-4-11)6-12(9)15-8-10/h5-8,11H,2-4H2,1H3,(H,16,17). The summed E-state index contributed by atoms with van der Waals surface area (Å²) in [6.45, 7) is 2.14. The molecule has 0 unspecified atom stereocenters. The molecule has 0 bridgehead atoms. The molecule has 1 aliphatic rings. The van der Waals surface area contributed by atoms with Crippen LogP contribution in [0.5, 0.6) is 0 Å². The van der Waals surface area contributed by atoms with E-state index in [-0.39, 0.29) is 5.97 Å². The summed E-state index contributed by atoms with van der Waals surface area (Å²) in [4.78, 5) is 20.2. The molecule has 1 aliphatic carbocycles. The summed E-state index contributed by atoms with van der Waals surface area (Å²) in [5, 5.41) is 4.16. The lowest BCUT2D eigenvalue weighted by Gasteiger charge is -2.06. The molecule has 1 N–H and O–H groups in total. The monoisotopic (exact) mass is 257 g/mol. The lowest BCUT2D eigenvalue weighted by molar-refractivity contribution is 0.0526. The van der Waals surface area contributed by atoms with Crippen molar-refractivity contribution in [2.45, 2.75) is 25.8 Å². The van der Waals surface area contributed by atoms with E-state index < -0.39 is 0 Å². The quantitative estimate of drug-likeness (QED) is 0.852. The molecule has 0 aromatic carbocycles. The highest BCUT2D eigenvalue weighted by molar-refractivity contribution is 5.93. The number of carbonyl (C=O) groups is 1. The number of nitrogens with one attached hydrogen (secondary N) is 1. The molecular weight excluding hydrogens is 242 g/mol. The molecule has 2 aromatic heterocycles. The first-order valence-corrected chi connectivity index (χ1v) is 6.45. The van der Waals surface area contributed by atoms with E-state index in [0.717, 1.165) is 16.7 Å². The topological polar surface area (TPSA) is 64.1 Å². The third kappa shape index (κ3) is 2.65. The van der Waals surface area contributed by atoms with Gasteiger partial charge in [0.2, 0.25) is 0 Å². The van der Waals surface area contributed by atoms with Crippen molar-refractivity contribution >= 4 is 22.7 Å². The first-order chi connectivity index (χ1) is 9.26. The average Bonchev–Trinajstić information content (AvgIpc) is 3.22. The molecule has 0 amide bonds. The number of nitrogens with zero attached hydrogens (tertiary/aromatic N) is 2. The second kappa shape index (κ2) is 4.84. The van der Waals surface area contributed by atoms with Gasteiger partial charge in [0.1, 0.15) is 5.82 Å². The Labute approximate surface area is 111 Å². The Morgan fingerprint density at radius 1 is 1.37 bits per heavy atom. The van der Waals surface area contributed by atoms with E-state index in [1.807, 2.05) is 6.07 Å². The largest absolute Gasteiger partial charge is 0.462 e. The van der Waals surface area contributed by atoms with Crippen LogP contribution in [-0.2, 0) is 4.74 Å². The minimum atomic E-state index is -0.350. The zero-order valence-corrected chi connectivity index (χ0v) is 10.7. The van der Waals surface area contributed by atoms with Crippen LogP contribution in [0.3, 0.4) is 0 Å². The van der Waals surface area contributed by atoms with E-state index >= 15 is 0 Å². The van der Waals surface area contributed by atoms with E-state index in [9.17, 15) is 4.79 Å². The predicted octanol–water partition coefficient (Wildman–Crippen LogP) is 2.38. The second-order valence-corrected chi connectivity index (χ2v) is 4.63. The highest BCUT2D eigenvalue weighted by Crippen LogP contribution is 2.25. The van der Waals surface area contributed by atoms with Gasteiger partial charge in [-0.05, 0) is 25.8 Å². The Kier molecular flexibility index (Phi) is 3.03. The molecule has 2 aromatic rings. The maximum absolute atomic E-state index is 11.6. The number of aromatic nitrogens is 2. The molecule has 0 radical (unpaired) electrons. The van der Waals surface area contributed by atoms with Gasteiger partial charge in [-0.25, -0.2) is 9.78 Å². The molecule has 1 fully saturated rings. The molecule has 19 heavy (non-hydrogen) atoms. The average molecular weight is 257 g/mol. The lowest BCUT2D eigenvalue weighted by Crippen LogP contribution is -2.06. The number of fused-ring (bicyclic) bond motifs is 1. The van der Waals surface area contributed by atoms with Gasteiger partial charge in [0.15, 0.2) is 0 Å². The van der Waals surface area contributed by atoms with E-state index in [0.29, 0.717) is 18.2 Å². The molecule has 2 heterocycles. The van der Waals surface area contributed by atoms with Gasteiger partial charge in [0.25, 0.3) is 0 Å². The van der Waals surface area contributed by atoms with Crippen molar-refractivity contribution in [1.82, 2.24) is 9.97 Å². The Hall–Kier alpha value is -2.17. The van der Waals surface area contributed by atoms with Gasteiger partial charge in [-0.1, -0.05) is 0 Å².